The molecule has 0 aromatic carbocycles. The van der Waals surface area contributed by atoms with Crippen LogP contribution in [0.1, 0.15) is 39.0 Å². The molecule has 1 N–H and O–H groups in total. The molecule has 0 saturated carbocycles. The Labute approximate surface area is 109 Å². The summed E-state index contributed by atoms with van der Waals surface area (Å²) in [5.74, 6) is -0.447. The van der Waals surface area contributed by atoms with E-state index in [0.717, 1.165) is 25.7 Å². The van der Waals surface area contributed by atoms with Gasteiger partial charge in [0.05, 0.1) is 13.7 Å². The summed E-state index contributed by atoms with van der Waals surface area (Å²) < 4.78 is 9.53. The molecule has 0 saturated heterocycles. The lowest BCUT2D eigenvalue weighted by atomic mass is 10.2. The van der Waals surface area contributed by atoms with E-state index in [9.17, 15) is 9.59 Å². The summed E-state index contributed by atoms with van der Waals surface area (Å²) in [6, 6.07) is -0.721. The van der Waals surface area contributed by atoms with Crippen LogP contribution < -0.4 is 5.32 Å². The molecule has 0 radical (unpaired) electrons. The lowest BCUT2D eigenvalue weighted by Crippen LogP contribution is -2.41. The Kier molecular flexibility index (Phi) is 9.73. The molecular weight excluding hydrogens is 234 g/mol. The molecule has 0 aromatic rings. The van der Waals surface area contributed by atoms with Crippen LogP contribution in [0.15, 0.2) is 12.7 Å². The summed E-state index contributed by atoms with van der Waals surface area (Å²) in [5.41, 5.74) is 0. The van der Waals surface area contributed by atoms with E-state index in [1.807, 2.05) is 0 Å². The zero-order chi connectivity index (χ0) is 13.8. The van der Waals surface area contributed by atoms with Crippen molar-refractivity contribution in [2.24, 2.45) is 0 Å². The molecule has 0 aromatic heterocycles. The zero-order valence-corrected chi connectivity index (χ0v) is 11.2. The van der Waals surface area contributed by atoms with Crippen molar-refractivity contribution < 1.29 is 19.1 Å². The average Bonchev–Trinajstić information content (AvgIpc) is 2.37. The van der Waals surface area contributed by atoms with E-state index < -0.39 is 18.1 Å². The molecule has 0 rings (SSSR count). The number of carbonyl (C=O) groups excluding carboxylic acids is 2. The number of rotatable bonds is 9. The van der Waals surface area contributed by atoms with E-state index in [4.69, 9.17) is 4.74 Å². The van der Waals surface area contributed by atoms with Crippen LogP contribution in [0.5, 0.6) is 0 Å². The summed E-state index contributed by atoms with van der Waals surface area (Å²) in [5, 5.41) is 2.41. The maximum Gasteiger partial charge on any atom is 0.407 e. The van der Waals surface area contributed by atoms with Gasteiger partial charge in [-0.15, -0.1) is 6.58 Å². The van der Waals surface area contributed by atoms with E-state index in [1.165, 1.54) is 7.11 Å². The quantitative estimate of drug-likeness (QED) is 0.391. The molecule has 0 aliphatic rings. The van der Waals surface area contributed by atoms with Crippen LogP contribution in [0, 0.1) is 0 Å². The monoisotopic (exact) mass is 257 g/mol. The van der Waals surface area contributed by atoms with Gasteiger partial charge in [-0.1, -0.05) is 32.3 Å². The number of carbonyl (C=O) groups is 2. The SMILES string of the molecule is C=CCC(NC(=O)OC)C(=O)OCCCCCC. The minimum Gasteiger partial charge on any atom is -0.464 e. The number of unbranched alkanes of at least 4 members (excludes halogenated alkanes) is 3. The Morgan fingerprint density at radius 3 is 2.61 bits per heavy atom. The molecular formula is C13H23NO4. The van der Waals surface area contributed by atoms with Crippen LogP contribution in [-0.2, 0) is 14.3 Å². The first kappa shape index (κ1) is 16.5. The fourth-order valence-corrected chi connectivity index (χ4v) is 1.38. The highest BCUT2D eigenvalue weighted by molar-refractivity contribution is 5.81. The third-order valence-corrected chi connectivity index (χ3v) is 2.41. The minimum atomic E-state index is -0.721. The van der Waals surface area contributed by atoms with E-state index in [0.29, 0.717) is 13.0 Å². The van der Waals surface area contributed by atoms with Crippen molar-refractivity contribution in [2.75, 3.05) is 13.7 Å². The lowest BCUT2D eigenvalue weighted by Gasteiger charge is -2.15. The van der Waals surface area contributed by atoms with Gasteiger partial charge in [0.2, 0.25) is 0 Å². The molecule has 1 unspecified atom stereocenters. The summed E-state index contributed by atoms with van der Waals surface area (Å²) in [4.78, 5) is 22.7. The second-order valence-electron chi connectivity index (χ2n) is 3.94. The number of methoxy groups -OCH3 is 1. The van der Waals surface area contributed by atoms with E-state index >= 15 is 0 Å². The topological polar surface area (TPSA) is 64.6 Å². The zero-order valence-electron chi connectivity index (χ0n) is 11.2. The number of ether oxygens (including phenoxy) is 2. The van der Waals surface area contributed by atoms with Gasteiger partial charge in [-0.25, -0.2) is 9.59 Å². The highest BCUT2D eigenvalue weighted by Gasteiger charge is 2.20. The molecule has 0 bridgehead atoms. The van der Waals surface area contributed by atoms with Crippen molar-refractivity contribution in [3.8, 4) is 0 Å². The smallest absolute Gasteiger partial charge is 0.407 e. The van der Waals surface area contributed by atoms with Gasteiger partial charge in [0.25, 0.3) is 0 Å². The molecule has 0 heterocycles. The molecule has 18 heavy (non-hydrogen) atoms. The maximum atomic E-state index is 11.7. The second-order valence-corrected chi connectivity index (χ2v) is 3.94. The predicted molar refractivity (Wildman–Crippen MR) is 69.2 cm³/mol. The van der Waals surface area contributed by atoms with Crippen LogP contribution in [-0.4, -0.2) is 31.8 Å². The third-order valence-electron chi connectivity index (χ3n) is 2.41. The summed E-state index contributed by atoms with van der Waals surface area (Å²) in [7, 11) is 1.25. The summed E-state index contributed by atoms with van der Waals surface area (Å²) in [6.45, 7) is 6.04. The predicted octanol–water partition coefficient (Wildman–Crippen LogP) is 2.41. The van der Waals surface area contributed by atoms with E-state index in [2.05, 4.69) is 23.6 Å². The van der Waals surface area contributed by atoms with Gasteiger partial charge < -0.3 is 14.8 Å². The molecule has 0 aliphatic heterocycles. The molecule has 0 fully saturated rings. The fraction of sp³-hybridized carbons (Fsp3) is 0.692. The van der Waals surface area contributed by atoms with Crippen molar-refractivity contribution >= 4 is 12.1 Å². The van der Waals surface area contributed by atoms with Gasteiger partial charge in [-0.3, -0.25) is 0 Å². The molecule has 0 aliphatic carbocycles. The number of nitrogens with one attached hydrogen (secondary N) is 1. The Morgan fingerprint density at radius 2 is 2.06 bits per heavy atom. The Hall–Kier alpha value is -1.52. The van der Waals surface area contributed by atoms with Gasteiger partial charge >= 0.3 is 12.1 Å². The maximum absolute atomic E-state index is 11.7. The van der Waals surface area contributed by atoms with Crippen molar-refractivity contribution in [1.29, 1.82) is 0 Å². The van der Waals surface area contributed by atoms with E-state index in [1.54, 1.807) is 6.08 Å². The molecule has 5 nitrogen and oxygen atoms in total. The van der Waals surface area contributed by atoms with Gasteiger partial charge in [-0.05, 0) is 12.8 Å². The van der Waals surface area contributed by atoms with Gasteiger partial charge in [0.1, 0.15) is 6.04 Å². The highest BCUT2D eigenvalue weighted by Crippen LogP contribution is 2.02. The van der Waals surface area contributed by atoms with Crippen molar-refractivity contribution in [2.45, 2.75) is 45.1 Å². The first-order valence-corrected chi connectivity index (χ1v) is 6.27. The third kappa shape index (κ3) is 7.70. The molecule has 0 spiro atoms. The number of amides is 1. The van der Waals surface area contributed by atoms with Crippen LogP contribution in [0.2, 0.25) is 0 Å². The first-order chi connectivity index (χ1) is 8.65. The standard InChI is InChI=1S/C13H23NO4/c1-4-6-7-8-10-18-12(15)11(9-5-2)14-13(16)17-3/h5,11H,2,4,6-10H2,1,3H3,(H,14,16). The largest absolute Gasteiger partial charge is 0.464 e. The van der Waals surface area contributed by atoms with Crippen LogP contribution in [0.4, 0.5) is 4.79 Å². The Morgan fingerprint density at radius 1 is 1.33 bits per heavy atom. The van der Waals surface area contributed by atoms with Crippen LogP contribution in [0.25, 0.3) is 0 Å². The second kappa shape index (κ2) is 10.6. The molecule has 104 valence electrons. The molecule has 1 amide bonds. The number of alkyl carbamates (subject to hydrolysis) is 1. The van der Waals surface area contributed by atoms with E-state index in [-0.39, 0.29) is 0 Å². The number of hydrogen-bond acceptors (Lipinski definition) is 4. The highest BCUT2D eigenvalue weighted by atomic mass is 16.5. The number of hydrogen-bond donors (Lipinski definition) is 1. The van der Waals surface area contributed by atoms with Crippen LogP contribution in [0.3, 0.4) is 0 Å². The molecule has 1 atom stereocenters. The Bertz CT molecular complexity index is 266. The summed E-state index contributed by atoms with van der Waals surface area (Å²) >= 11 is 0. The van der Waals surface area contributed by atoms with Gasteiger partial charge in [-0.2, -0.15) is 0 Å². The lowest BCUT2D eigenvalue weighted by molar-refractivity contribution is -0.146. The van der Waals surface area contributed by atoms with Crippen molar-refractivity contribution in [3.63, 3.8) is 0 Å². The normalized spacial score (nSPS) is 11.4. The minimum absolute atomic E-state index is 0.322. The Balaban J connectivity index is 3.98. The van der Waals surface area contributed by atoms with Crippen LogP contribution >= 0.6 is 0 Å². The van der Waals surface area contributed by atoms with Gasteiger partial charge in [0.15, 0.2) is 0 Å². The van der Waals surface area contributed by atoms with Crippen molar-refractivity contribution in [1.82, 2.24) is 5.32 Å². The fourth-order valence-electron chi connectivity index (χ4n) is 1.38. The molecule has 5 heteroatoms. The average molecular weight is 257 g/mol. The van der Waals surface area contributed by atoms with Gasteiger partial charge in [0, 0.05) is 0 Å². The first-order valence-electron chi connectivity index (χ1n) is 6.27. The summed E-state index contributed by atoms with van der Waals surface area (Å²) in [6.07, 6.45) is 5.39. The van der Waals surface area contributed by atoms with Crippen molar-refractivity contribution in [3.05, 3.63) is 12.7 Å². The number of esters is 1.